The second-order valence-electron chi connectivity index (χ2n) is 4.44. The van der Waals surface area contributed by atoms with Crippen molar-refractivity contribution in [3.05, 3.63) is 35.9 Å². The Hall–Kier alpha value is -0.860. The summed E-state index contributed by atoms with van der Waals surface area (Å²) in [7, 11) is 0. The van der Waals surface area contributed by atoms with Crippen LogP contribution in [0.4, 0.5) is 0 Å². The molecule has 0 radical (unpaired) electrons. The van der Waals surface area contributed by atoms with Crippen LogP contribution in [0.2, 0.25) is 0 Å². The van der Waals surface area contributed by atoms with Crippen LogP contribution in [0.3, 0.4) is 0 Å². The highest BCUT2D eigenvalue weighted by atomic mass is 15.0. The zero-order chi connectivity index (χ0) is 10.5. The molecule has 1 aromatic carbocycles. The Morgan fingerprint density at radius 1 is 1.13 bits per heavy atom. The Balaban J connectivity index is 1.93. The van der Waals surface area contributed by atoms with Gasteiger partial charge in [0.2, 0.25) is 0 Å². The Morgan fingerprint density at radius 3 is 2.67 bits per heavy atom. The fourth-order valence-corrected chi connectivity index (χ4v) is 2.28. The van der Waals surface area contributed by atoms with Crippen LogP contribution in [0, 0.1) is 0 Å². The molecule has 2 heteroatoms. The van der Waals surface area contributed by atoms with Crippen LogP contribution in [0.15, 0.2) is 30.3 Å². The molecule has 2 nitrogen and oxygen atoms in total. The highest BCUT2D eigenvalue weighted by Crippen LogP contribution is 2.14. The molecule has 2 rings (SSSR count). The average Bonchev–Trinajstić information content (AvgIpc) is 2.44. The van der Waals surface area contributed by atoms with Gasteiger partial charge in [-0.3, -0.25) is 5.32 Å². The van der Waals surface area contributed by atoms with Gasteiger partial charge in [-0.1, -0.05) is 43.2 Å². The highest BCUT2D eigenvalue weighted by Gasteiger charge is 2.16. The third kappa shape index (κ3) is 3.33. The number of hydrogen-bond donors (Lipinski definition) is 2. The van der Waals surface area contributed by atoms with Crippen LogP contribution in [-0.4, -0.2) is 12.2 Å². The van der Waals surface area contributed by atoms with Gasteiger partial charge in [-0.2, -0.15) is 0 Å². The SMILES string of the molecule is NC1CCCCC(Cc2ccccc2)N1. The van der Waals surface area contributed by atoms with Gasteiger partial charge in [0.05, 0.1) is 6.17 Å². The first kappa shape index (κ1) is 10.7. The monoisotopic (exact) mass is 204 g/mol. The van der Waals surface area contributed by atoms with Crippen molar-refractivity contribution in [1.82, 2.24) is 5.32 Å². The van der Waals surface area contributed by atoms with Crippen molar-refractivity contribution in [2.24, 2.45) is 5.73 Å². The Morgan fingerprint density at radius 2 is 1.87 bits per heavy atom. The van der Waals surface area contributed by atoms with Gasteiger partial charge in [-0.05, 0) is 24.8 Å². The van der Waals surface area contributed by atoms with E-state index in [1.807, 2.05) is 0 Å². The summed E-state index contributed by atoms with van der Waals surface area (Å²) in [6.07, 6.45) is 6.24. The second kappa shape index (κ2) is 5.29. The van der Waals surface area contributed by atoms with E-state index in [9.17, 15) is 0 Å². The summed E-state index contributed by atoms with van der Waals surface area (Å²) in [5.74, 6) is 0. The molecule has 82 valence electrons. The van der Waals surface area contributed by atoms with Gasteiger partial charge in [0, 0.05) is 6.04 Å². The molecule has 0 saturated carbocycles. The van der Waals surface area contributed by atoms with E-state index in [4.69, 9.17) is 5.73 Å². The minimum atomic E-state index is 0.196. The molecule has 3 N–H and O–H groups in total. The maximum absolute atomic E-state index is 5.97. The number of nitrogens with one attached hydrogen (secondary N) is 1. The van der Waals surface area contributed by atoms with Gasteiger partial charge in [-0.15, -0.1) is 0 Å². The zero-order valence-corrected chi connectivity index (χ0v) is 9.15. The van der Waals surface area contributed by atoms with Crippen molar-refractivity contribution in [3.63, 3.8) is 0 Å². The predicted octanol–water partition coefficient (Wildman–Crippen LogP) is 2.05. The Bertz CT molecular complexity index is 284. The first-order valence-electron chi connectivity index (χ1n) is 5.90. The van der Waals surface area contributed by atoms with Gasteiger partial charge >= 0.3 is 0 Å². The van der Waals surface area contributed by atoms with Crippen LogP contribution in [0.25, 0.3) is 0 Å². The van der Waals surface area contributed by atoms with Gasteiger partial charge in [0.25, 0.3) is 0 Å². The van der Waals surface area contributed by atoms with Gasteiger partial charge in [0.1, 0.15) is 0 Å². The second-order valence-corrected chi connectivity index (χ2v) is 4.44. The van der Waals surface area contributed by atoms with Gasteiger partial charge in [0.15, 0.2) is 0 Å². The Labute approximate surface area is 91.9 Å². The number of rotatable bonds is 2. The number of hydrogen-bond acceptors (Lipinski definition) is 2. The first-order chi connectivity index (χ1) is 7.34. The lowest BCUT2D eigenvalue weighted by Gasteiger charge is -2.19. The third-order valence-electron chi connectivity index (χ3n) is 3.09. The smallest absolute Gasteiger partial charge is 0.0548 e. The number of benzene rings is 1. The van der Waals surface area contributed by atoms with Gasteiger partial charge in [-0.25, -0.2) is 0 Å². The molecule has 1 aromatic rings. The summed E-state index contributed by atoms with van der Waals surface area (Å²) >= 11 is 0. The first-order valence-corrected chi connectivity index (χ1v) is 5.90. The summed E-state index contributed by atoms with van der Waals surface area (Å²) < 4.78 is 0. The summed E-state index contributed by atoms with van der Waals surface area (Å²) in [4.78, 5) is 0. The van der Waals surface area contributed by atoms with Crippen molar-refractivity contribution < 1.29 is 0 Å². The van der Waals surface area contributed by atoms with Crippen molar-refractivity contribution in [1.29, 1.82) is 0 Å². The quantitative estimate of drug-likeness (QED) is 0.773. The molecule has 0 aliphatic carbocycles. The topological polar surface area (TPSA) is 38.0 Å². The molecule has 2 unspecified atom stereocenters. The molecular weight excluding hydrogens is 184 g/mol. The van der Waals surface area contributed by atoms with E-state index in [-0.39, 0.29) is 6.17 Å². The third-order valence-corrected chi connectivity index (χ3v) is 3.09. The van der Waals surface area contributed by atoms with Gasteiger partial charge < -0.3 is 5.73 Å². The summed E-state index contributed by atoms with van der Waals surface area (Å²) in [5.41, 5.74) is 7.37. The molecule has 1 aliphatic rings. The van der Waals surface area contributed by atoms with Crippen LogP contribution < -0.4 is 11.1 Å². The molecule has 0 amide bonds. The van der Waals surface area contributed by atoms with Crippen molar-refractivity contribution >= 4 is 0 Å². The molecule has 0 spiro atoms. The van der Waals surface area contributed by atoms with Crippen LogP contribution in [0.5, 0.6) is 0 Å². The molecule has 0 bridgehead atoms. The van der Waals surface area contributed by atoms with E-state index in [1.54, 1.807) is 0 Å². The van der Waals surface area contributed by atoms with E-state index in [1.165, 1.54) is 24.8 Å². The van der Waals surface area contributed by atoms with Crippen molar-refractivity contribution in [2.45, 2.75) is 44.3 Å². The highest BCUT2D eigenvalue weighted by molar-refractivity contribution is 5.16. The van der Waals surface area contributed by atoms with E-state index in [0.717, 1.165) is 12.8 Å². The minimum absolute atomic E-state index is 0.196. The average molecular weight is 204 g/mol. The molecule has 1 aliphatic heterocycles. The Kier molecular flexibility index (Phi) is 3.75. The predicted molar refractivity (Wildman–Crippen MR) is 63.5 cm³/mol. The molecular formula is C13H20N2. The maximum Gasteiger partial charge on any atom is 0.0548 e. The normalized spacial score (nSPS) is 27.3. The fraction of sp³-hybridized carbons (Fsp3) is 0.538. The fourth-order valence-electron chi connectivity index (χ4n) is 2.28. The summed E-state index contributed by atoms with van der Waals surface area (Å²) in [6, 6.07) is 11.2. The zero-order valence-electron chi connectivity index (χ0n) is 9.15. The molecule has 1 fully saturated rings. The lowest BCUT2D eigenvalue weighted by molar-refractivity contribution is 0.435. The van der Waals surface area contributed by atoms with E-state index in [0.29, 0.717) is 6.04 Å². The summed E-state index contributed by atoms with van der Waals surface area (Å²) in [6.45, 7) is 0. The van der Waals surface area contributed by atoms with Crippen LogP contribution in [0.1, 0.15) is 31.2 Å². The molecule has 2 atom stereocenters. The molecule has 15 heavy (non-hydrogen) atoms. The van der Waals surface area contributed by atoms with E-state index in [2.05, 4.69) is 35.6 Å². The standard InChI is InChI=1S/C13H20N2/c14-13-9-5-4-8-12(15-13)10-11-6-2-1-3-7-11/h1-3,6-7,12-13,15H,4-5,8-10,14H2. The molecule has 1 saturated heterocycles. The van der Waals surface area contributed by atoms with E-state index < -0.39 is 0 Å². The lowest BCUT2D eigenvalue weighted by atomic mass is 10.0. The van der Waals surface area contributed by atoms with Crippen LogP contribution in [-0.2, 0) is 6.42 Å². The lowest BCUT2D eigenvalue weighted by Crippen LogP contribution is -2.43. The van der Waals surface area contributed by atoms with Crippen LogP contribution >= 0.6 is 0 Å². The molecule has 0 aromatic heterocycles. The molecule has 1 heterocycles. The minimum Gasteiger partial charge on any atom is -0.316 e. The number of nitrogens with two attached hydrogens (primary N) is 1. The van der Waals surface area contributed by atoms with E-state index >= 15 is 0 Å². The maximum atomic E-state index is 5.97. The largest absolute Gasteiger partial charge is 0.316 e. The van der Waals surface area contributed by atoms with Crippen molar-refractivity contribution in [3.8, 4) is 0 Å². The summed E-state index contributed by atoms with van der Waals surface area (Å²) in [5, 5.41) is 3.51. The van der Waals surface area contributed by atoms with Crippen molar-refractivity contribution in [2.75, 3.05) is 0 Å².